The molecular formula is C20H22O5. The van der Waals surface area contributed by atoms with E-state index in [9.17, 15) is 14.7 Å². The molecule has 0 saturated carbocycles. The first-order valence-electron chi connectivity index (χ1n) is 8.19. The monoisotopic (exact) mass is 342 g/mol. The minimum Gasteiger partial charge on any atom is -0.507 e. The zero-order valence-corrected chi connectivity index (χ0v) is 14.8. The number of aromatic hydroxyl groups is 1. The highest BCUT2D eigenvalue weighted by atomic mass is 16.5. The van der Waals surface area contributed by atoms with Crippen molar-refractivity contribution >= 4 is 11.9 Å². The lowest BCUT2D eigenvalue weighted by atomic mass is 10.0. The number of aryl methyl sites for hydroxylation is 4. The summed E-state index contributed by atoms with van der Waals surface area (Å²) in [5, 5.41) is 19.2. The number of hydrogen-bond acceptors (Lipinski definition) is 4. The number of ether oxygens (including phenoxy) is 1. The molecule has 0 atom stereocenters. The van der Waals surface area contributed by atoms with E-state index in [1.165, 1.54) is 12.1 Å². The van der Waals surface area contributed by atoms with Gasteiger partial charge in [0, 0.05) is 0 Å². The van der Waals surface area contributed by atoms with Gasteiger partial charge in [-0.25, -0.2) is 9.59 Å². The fourth-order valence-electron chi connectivity index (χ4n) is 2.80. The number of benzene rings is 2. The number of aromatic carboxylic acids is 1. The third-order valence-corrected chi connectivity index (χ3v) is 4.17. The van der Waals surface area contributed by atoms with Crippen molar-refractivity contribution in [1.29, 1.82) is 0 Å². The van der Waals surface area contributed by atoms with Crippen LogP contribution in [-0.2, 0) is 12.8 Å². The summed E-state index contributed by atoms with van der Waals surface area (Å²) in [5.74, 6) is -0.972. The van der Waals surface area contributed by atoms with E-state index >= 15 is 0 Å². The summed E-state index contributed by atoms with van der Waals surface area (Å²) in [5.41, 5.74) is 3.07. The van der Waals surface area contributed by atoms with Crippen molar-refractivity contribution < 1.29 is 24.5 Å². The molecule has 0 amide bonds. The maximum absolute atomic E-state index is 12.6. The third-order valence-electron chi connectivity index (χ3n) is 4.17. The minimum atomic E-state index is -1.03. The Morgan fingerprint density at radius 1 is 0.920 bits per heavy atom. The average molecular weight is 342 g/mol. The smallest absolute Gasteiger partial charge is 0.343 e. The molecule has 0 aromatic heterocycles. The molecule has 2 aromatic carbocycles. The van der Waals surface area contributed by atoms with Gasteiger partial charge in [-0.3, -0.25) is 0 Å². The molecule has 0 aliphatic carbocycles. The fraction of sp³-hybridized carbons (Fsp3) is 0.300. The number of carbonyl (C=O) groups excluding carboxylic acids is 1. The molecule has 5 heteroatoms. The number of rotatable bonds is 5. The molecule has 2 N–H and O–H groups in total. The summed E-state index contributed by atoms with van der Waals surface area (Å²) >= 11 is 0. The van der Waals surface area contributed by atoms with Gasteiger partial charge < -0.3 is 14.9 Å². The Bertz CT molecular complexity index is 788. The van der Waals surface area contributed by atoms with Gasteiger partial charge in [-0.2, -0.15) is 0 Å². The number of carbonyl (C=O) groups is 2. The minimum absolute atomic E-state index is 0.154. The number of carboxylic acid groups (broad SMARTS) is 1. The molecule has 2 rings (SSSR count). The van der Waals surface area contributed by atoms with Crippen LogP contribution in [0.5, 0.6) is 11.5 Å². The van der Waals surface area contributed by atoms with Gasteiger partial charge in [-0.05, 0) is 73.2 Å². The van der Waals surface area contributed by atoms with Gasteiger partial charge in [0.05, 0.1) is 11.1 Å². The Morgan fingerprint density at radius 3 is 1.80 bits per heavy atom. The average Bonchev–Trinajstić information content (AvgIpc) is 2.57. The van der Waals surface area contributed by atoms with Crippen LogP contribution >= 0.6 is 0 Å². The van der Waals surface area contributed by atoms with Crippen molar-refractivity contribution in [2.75, 3.05) is 0 Å². The molecule has 0 unspecified atom stereocenters. The molecule has 0 fully saturated rings. The maximum Gasteiger partial charge on any atom is 0.343 e. The Hall–Kier alpha value is -2.82. The number of esters is 1. The van der Waals surface area contributed by atoms with Gasteiger partial charge in [0.15, 0.2) is 0 Å². The summed E-state index contributed by atoms with van der Waals surface area (Å²) < 4.78 is 5.52. The predicted molar refractivity (Wildman–Crippen MR) is 94.7 cm³/mol. The number of hydrogen-bond donors (Lipinski definition) is 2. The largest absolute Gasteiger partial charge is 0.507 e. The van der Waals surface area contributed by atoms with Gasteiger partial charge in [-0.1, -0.05) is 13.8 Å². The fourth-order valence-corrected chi connectivity index (χ4v) is 2.80. The van der Waals surface area contributed by atoms with Gasteiger partial charge in [0.2, 0.25) is 0 Å². The van der Waals surface area contributed by atoms with E-state index in [-0.39, 0.29) is 11.3 Å². The van der Waals surface area contributed by atoms with E-state index in [4.69, 9.17) is 9.84 Å². The Labute approximate surface area is 146 Å². The van der Waals surface area contributed by atoms with Crippen LogP contribution in [0.4, 0.5) is 0 Å². The summed E-state index contributed by atoms with van der Waals surface area (Å²) in [4.78, 5) is 23.7. The molecule has 0 aliphatic rings. The number of phenols is 1. The second-order valence-corrected chi connectivity index (χ2v) is 5.98. The number of carboxylic acids is 1. The maximum atomic E-state index is 12.6. The molecule has 0 saturated heterocycles. The van der Waals surface area contributed by atoms with Gasteiger partial charge in [0.25, 0.3) is 0 Å². The Morgan fingerprint density at radius 2 is 1.40 bits per heavy atom. The van der Waals surface area contributed by atoms with Crippen molar-refractivity contribution in [3.8, 4) is 11.5 Å². The second kappa shape index (κ2) is 7.38. The standard InChI is InChI=1S/C20H22O5/c1-5-13-9-16(10-14(6-2)17(13)21)20(24)25-18-11(3)7-15(19(22)23)8-12(18)4/h7-10,21H,5-6H2,1-4H3,(H,22,23). The Balaban J connectivity index is 2.39. The predicted octanol–water partition coefficient (Wildman–Crippen LogP) is 4.05. The zero-order chi connectivity index (χ0) is 18.7. The highest BCUT2D eigenvalue weighted by molar-refractivity contribution is 5.93. The molecule has 0 bridgehead atoms. The van der Waals surface area contributed by atoms with E-state index < -0.39 is 11.9 Å². The van der Waals surface area contributed by atoms with Crippen molar-refractivity contribution in [3.63, 3.8) is 0 Å². The second-order valence-electron chi connectivity index (χ2n) is 5.98. The molecule has 0 radical (unpaired) electrons. The van der Waals surface area contributed by atoms with Crippen LogP contribution in [0.1, 0.15) is 56.8 Å². The Kier molecular flexibility index (Phi) is 5.47. The van der Waals surface area contributed by atoms with E-state index in [2.05, 4.69) is 0 Å². The van der Waals surface area contributed by atoms with Crippen LogP contribution in [-0.4, -0.2) is 22.2 Å². The quantitative estimate of drug-likeness (QED) is 0.632. The zero-order valence-electron chi connectivity index (χ0n) is 14.8. The summed E-state index contributed by atoms with van der Waals surface area (Å²) in [6.45, 7) is 7.21. The molecular weight excluding hydrogens is 320 g/mol. The van der Waals surface area contributed by atoms with Crippen LogP contribution in [0.25, 0.3) is 0 Å². The lowest BCUT2D eigenvalue weighted by Gasteiger charge is -2.14. The van der Waals surface area contributed by atoms with Crippen molar-refractivity contribution in [3.05, 3.63) is 57.6 Å². The van der Waals surface area contributed by atoms with Crippen LogP contribution in [0.15, 0.2) is 24.3 Å². The van der Waals surface area contributed by atoms with Crippen molar-refractivity contribution in [2.24, 2.45) is 0 Å². The van der Waals surface area contributed by atoms with Crippen LogP contribution in [0, 0.1) is 13.8 Å². The molecule has 0 heterocycles. The van der Waals surface area contributed by atoms with E-state index in [0.717, 1.165) is 0 Å². The summed E-state index contributed by atoms with van der Waals surface area (Å²) in [6.07, 6.45) is 1.20. The van der Waals surface area contributed by atoms with E-state index in [1.807, 2.05) is 13.8 Å². The van der Waals surface area contributed by atoms with Crippen molar-refractivity contribution in [2.45, 2.75) is 40.5 Å². The van der Waals surface area contributed by atoms with E-state index in [0.29, 0.717) is 46.4 Å². The first-order chi connectivity index (χ1) is 11.8. The van der Waals surface area contributed by atoms with Gasteiger partial charge >= 0.3 is 11.9 Å². The van der Waals surface area contributed by atoms with Gasteiger partial charge in [0.1, 0.15) is 11.5 Å². The van der Waals surface area contributed by atoms with Crippen LogP contribution in [0.2, 0.25) is 0 Å². The first kappa shape index (κ1) is 18.5. The lowest BCUT2D eigenvalue weighted by Crippen LogP contribution is -2.12. The number of phenolic OH excluding ortho intramolecular Hbond substituents is 1. The van der Waals surface area contributed by atoms with Crippen molar-refractivity contribution in [1.82, 2.24) is 0 Å². The first-order valence-corrected chi connectivity index (χ1v) is 8.19. The highest BCUT2D eigenvalue weighted by Crippen LogP contribution is 2.29. The molecule has 0 spiro atoms. The van der Waals surface area contributed by atoms with Gasteiger partial charge in [-0.15, -0.1) is 0 Å². The molecule has 2 aromatic rings. The molecule has 25 heavy (non-hydrogen) atoms. The normalized spacial score (nSPS) is 10.6. The molecule has 0 aliphatic heterocycles. The molecule has 132 valence electrons. The molecule has 5 nitrogen and oxygen atoms in total. The topological polar surface area (TPSA) is 83.8 Å². The summed E-state index contributed by atoms with van der Waals surface area (Å²) in [7, 11) is 0. The summed E-state index contributed by atoms with van der Waals surface area (Å²) in [6, 6.07) is 6.22. The third kappa shape index (κ3) is 3.82. The highest BCUT2D eigenvalue weighted by Gasteiger charge is 2.18. The van der Waals surface area contributed by atoms with Crippen LogP contribution < -0.4 is 4.74 Å². The van der Waals surface area contributed by atoms with Crippen LogP contribution in [0.3, 0.4) is 0 Å². The lowest BCUT2D eigenvalue weighted by molar-refractivity contribution is 0.0696. The SMILES string of the molecule is CCc1cc(C(=O)Oc2c(C)cc(C(=O)O)cc2C)cc(CC)c1O. The van der Waals surface area contributed by atoms with E-state index in [1.54, 1.807) is 26.0 Å².